The summed E-state index contributed by atoms with van der Waals surface area (Å²) in [6, 6.07) is 0. The lowest BCUT2D eigenvalue weighted by Gasteiger charge is -2.19. The van der Waals surface area contributed by atoms with Crippen LogP contribution in [0.5, 0.6) is 0 Å². The Morgan fingerprint density at radius 1 is 1.92 bits per heavy atom. The van der Waals surface area contributed by atoms with Crippen LogP contribution in [0.4, 0.5) is 0 Å². The molecule has 0 bridgehead atoms. The zero-order valence-electron chi connectivity index (χ0n) is 10.4. The van der Waals surface area contributed by atoms with Crippen molar-refractivity contribution in [2.75, 3.05) is 20.2 Å². The Morgan fingerprint density at radius 2 is 2.67 bits per heavy atom. The Kier molecular flexibility index (Phi) is 1.47. The van der Waals surface area contributed by atoms with Crippen LogP contribution < -0.4 is 0 Å². The molecule has 0 aromatic rings. The van der Waals surface area contributed by atoms with Crippen LogP contribution >= 0.6 is 0 Å². The summed E-state index contributed by atoms with van der Waals surface area (Å²) in [5, 5.41) is 2.73. The number of nitroso groups, excluding NO2 is 1. The number of rotatable bonds is 2. The van der Waals surface area contributed by atoms with E-state index in [4.69, 9.17) is 5.48 Å². The number of carbonyl (C=O) groups excluding carboxylic acids is 1. The van der Waals surface area contributed by atoms with Gasteiger partial charge in [-0.05, 0) is 6.37 Å². The highest BCUT2D eigenvalue weighted by atomic mass is 16.5. The molecule has 0 saturated heterocycles. The van der Waals surface area contributed by atoms with Gasteiger partial charge in [-0.2, -0.15) is 0 Å². The monoisotopic (exact) mass is 174 g/mol. The molecule has 0 fully saturated rings. The van der Waals surface area contributed by atoms with Gasteiger partial charge in [0.2, 0.25) is 0 Å². The van der Waals surface area contributed by atoms with E-state index in [0.29, 0.717) is 5.01 Å². The van der Waals surface area contributed by atoms with E-state index >= 15 is 0 Å². The van der Waals surface area contributed by atoms with Crippen molar-refractivity contribution in [3.8, 4) is 0 Å². The van der Waals surface area contributed by atoms with Crippen LogP contribution in [0.2, 0.25) is 0 Å². The molecule has 0 saturated carbocycles. The van der Waals surface area contributed by atoms with Crippen LogP contribution in [0.25, 0.3) is 0 Å². The first-order chi connectivity index (χ1) is 7.24. The van der Waals surface area contributed by atoms with Crippen molar-refractivity contribution in [2.24, 2.45) is 5.29 Å². The second-order valence-electron chi connectivity index (χ2n) is 2.00. The van der Waals surface area contributed by atoms with Crippen LogP contribution in [-0.4, -0.2) is 31.1 Å². The number of esters is 1. The van der Waals surface area contributed by atoms with E-state index in [1.807, 2.05) is 0 Å². The van der Waals surface area contributed by atoms with Crippen LogP contribution in [0.1, 0.15) is 11.9 Å². The van der Waals surface area contributed by atoms with E-state index in [0.717, 1.165) is 13.2 Å². The van der Waals surface area contributed by atoms with E-state index in [1.54, 1.807) is 0 Å². The van der Waals surface area contributed by atoms with Gasteiger partial charge in [-0.15, -0.1) is 4.91 Å². The number of nitrogens with zero attached hydrogens (tertiary/aromatic N) is 2. The van der Waals surface area contributed by atoms with E-state index in [2.05, 4.69) is 10.0 Å². The maximum Gasteiger partial charge on any atom is 0.335 e. The number of methoxy groups -OCH3 is 1. The van der Waals surface area contributed by atoms with Crippen molar-refractivity contribution in [1.29, 1.82) is 0 Å². The molecule has 1 heterocycles. The average molecular weight is 174 g/mol. The molecule has 12 heavy (non-hydrogen) atoms. The molecule has 0 N–H and O–H groups in total. The first-order valence-corrected chi connectivity index (χ1v) is 3.17. The number of hydrogen-bond acceptors (Lipinski definition) is 4. The zero-order valence-corrected chi connectivity index (χ0v) is 6.40. The Bertz CT molecular complexity index is 356. The molecule has 0 aliphatic carbocycles. The summed E-state index contributed by atoms with van der Waals surface area (Å²) in [6.45, 7) is -3.01. The lowest BCUT2D eigenvalue weighted by Crippen LogP contribution is -2.27. The van der Waals surface area contributed by atoms with Crippen molar-refractivity contribution >= 4 is 5.97 Å². The van der Waals surface area contributed by atoms with Crippen LogP contribution in [0.15, 0.2) is 16.9 Å². The second kappa shape index (κ2) is 3.85. The largest absolute Gasteiger partial charge is 0.466 e. The fraction of sp³-hybridized carbons (Fsp3) is 0.571. The maximum absolute atomic E-state index is 11.3. The Morgan fingerprint density at radius 3 is 3.25 bits per heavy atom. The number of hydrogen-bond donors (Lipinski definition) is 0. The predicted molar refractivity (Wildman–Crippen MR) is 42.1 cm³/mol. The molecule has 5 nitrogen and oxygen atoms in total. The molecule has 0 unspecified atom stereocenters. The quantitative estimate of drug-likeness (QED) is 0.451. The predicted octanol–water partition coefficient (Wildman–Crippen LogP) is 0.473. The van der Waals surface area contributed by atoms with E-state index in [1.165, 1.54) is 0 Å². The summed E-state index contributed by atoms with van der Waals surface area (Å²) < 4.78 is 34.2. The lowest BCUT2D eigenvalue weighted by atomic mass is 10.1. The van der Waals surface area contributed by atoms with Gasteiger partial charge in [-0.1, -0.05) is 6.08 Å². The molecule has 0 radical (unpaired) electrons. The normalized spacial score (nSPS) is 30.1. The van der Waals surface area contributed by atoms with Crippen molar-refractivity contribution in [3.63, 3.8) is 0 Å². The molecule has 0 aromatic heterocycles. The average Bonchev–Trinajstić information content (AvgIpc) is 2.20. The van der Waals surface area contributed by atoms with Crippen molar-refractivity contribution < 1.29 is 15.0 Å². The topological polar surface area (TPSA) is 59.0 Å². The minimum absolute atomic E-state index is 0.346. The highest BCUT2D eigenvalue weighted by Crippen LogP contribution is 2.10. The van der Waals surface area contributed by atoms with Crippen LogP contribution in [-0.2, 0) is 9.53 Å². The van der Waals surface area contributed by atoms with Crippen molar-refractivity contribution in [1.82, 2.24) is 5.01 Å². The third kappa shape index (κ3) is 1.81. The third-order valence-corrected chi connectivity index (χ3v) is 1.24. The van der Waals surface area contributed by atoms with Gasteiger partial charge in [0.05, 0.1) is 27.2 Å². The summed E-state index contributed by atoms with van der Waals surface area (Å²) in [5.41, 5.74) is -0.564. The van der Waals surface area contributed by atoms with Crippen molar-refractivity contribution in [3.05, 3.63) is 16.6 Å². The third-order valence-electron chi connectivity index (χ3n) is 1.24. The molecule has 0 atom stereocenters. The van der Waals surface area contributed by atoms with E-state index < -0.39 is 31.0 Å². The SMILES string of the molecule is [2H]C1([2H])C=C(C(=O)OC)C([2H])([2H])N(N=O)C1. The van der Waals surface area contributed by atoms with Gasteiger partial charge >= 0.3 is 5.97 Å². The number of carbonyl (C=O) groups is 1. The standard InChI is InChI=1S/C7H10N2O3/c1-12-7(10)6-3-2-4-9(5-6)8-11/h3H,2,4-5H2,1H3/i2D2,5D2. The first-order valence-electron chi connectivity index (χ1n) is 5.17. The highest BCUT2D eigenvalue weighted by Gasteiger charge is 2.17. The summed E-state index contributed by atoms with van der Waals surface area (Å²) in [5.74, 6) is -1.03. The number of ether oxygens (including phenoxy) is 1. The fourth-order valence-corrected chi connectivity index (χ4v) is 0.709. The highest BCUT2D eigenvalue weighted by molar-refractivity contribution is 5.88. The zero-order chi connectivity index (χ0) is 12.6. The molecular weight excluding hydrogens is 160 g/mol. The van der Waals surface area contributed by atoms with Gasteiger partial charge in [-0.3, -0.25) is 5.01 Å². The van der Waals surface area contributed by atoms with Gasteiger partial charge in [0.25, 0.3) is 0 Å². The van der Waals surface area contributed by atoms with Crippen LogP contribution in [0.3, 0.4) is 0 Å². The minimum Gasteiger partial charge on any atom is -0.466 e. The Balaban J connectivity index is 3.24. The molecule has 0 amide bonds. The molecule has 1 aliphatic heterocycles. The fourth-order valence-electron chi connectivity index (χ4n) is 0.709. The molecule has 0 aromatic carbocycles. The molecule has 1 rings (SSSR count). The van der Waals surface area contributed by atoms with Gasteiger partial charge in [-0.25, -0.2) is 4.79 Å². The second-order valence-corrected chi connectivity index (χ2v) is 2.00. The van der Waals surface area contributed by atoms with Crippen molar-refractivity contribution in [2.45, 2.75) is 6.37 Å². The smallest absolute Gasteiger partial charge is 0.335 e. The lowest BCUT2D eigenvalue weighted by molar-refractivity contribution is -0.136. The Hall–Kier alpha value is -1.39. The van der Waals surface area contributed by atoms with Gasteiger partial charge < -0.3 is 4.74 Å². The molecule has 0 spiro atoms. The summed E-state index contributed by atoms with van der Waals surface area (Å²) in [6.07, 6.45) is -1.19. The van der Waals surface area contributed by atoms with E-state index in [-0.39, 0.29) is 0 Å². The first kappa shape index (κ1) is 4.59. The summed E-state index contributed by atoms with van der Waals surface area (Å²) in [7, 11) is 1.04. The molecule has 5 heteroatoms. The van der Waals surface area contributed by atoms with Gasteiger partial charge in [0.1, 0.15) is 0 Å². The van der Waals surface area contributed by atoms with E-state index in [9.17, 15) is 9.70 Å². The maximum atomic E-state index is 11.3. The summed E-state index contributed by atoms with van der Waals surface area (Å²) >= 11 is 0. The van der Waals surface area contributed by atoms with Gasteiger partial charge in [0, 0.05) is 9.29 Å². The Labute approximate surface area is 75.6 Å². The molecule has 1 aliphatic rings. The summed E-state index contributed by atoms with van der Waals surface area (Å²) in [4.78, 5) is 21.7. The molecule has 66 valence electrons. The minimum atomic E-state index is -2.46. The molecular formula is C7H10N2O3. The van der Waals surface area contributed by atoms with Crippen LogP contribution in [0, 0.1) is 4.91 Å². The van der Waals surface area contributed by atoms with Gasteiger partial charge in [0.15, 0.2) is 0 Å².